The largest absolute Gasteiger partial charge is 0.478 e. The summed E-state index contributed by atoms with van der Waals surface area (Å²) >= 11 is 0. The van der Waals surface area contributed by atoms with E-state index in [0.29, 0.717) is 19.4 Å². The van der Waals surface area contributed by atoms with E-state index in [1.165, 1.54) is 6.07 Å². The molecular formula is C27H25FN2O5. The maximum Gasteiger partial charge on any atom is 0.407 e. The van der Waals surface area contributed by atoms with Gasteiger partial charge in [0.05, 0.1) is 5.56 Å². The van der Waals surface area contributed by atoms with E-state index in [1.54, 1.807) is 0 Å². The molecule has 3 aromatic rings. The van der Waals surface area contributed by atoms with Gasteiger partial charge in [0.25, 0.3) is 0 Å². The predicted molar refractivity (Wildman–Crippen MR) is 129 cm³/mol. The molecule has 0 aliphatic heterocycles. The quantitative estimate of drug-likeness (QED) is 0.370. The van der Waals surface area contributed by atoms with Gasteiger partial charge < -0.3 is 20.5 Å². The van der Waals surface area contributed by atoms with Gasteiger partial charge in [-0.15, -0.1) is 0 Å². The van der Waals surface area contributed by atoms with Crippen LogP contribution in [0.1, 0.15) is 46.7 Å². The number of nitrogens with one attached hydrogen (secondary N) is 2. The smallest absolute Gasteiger partial charge is 0.407 e. The van der Waals surface area contributed by atoms with Crippen LogP contribution < -0.4 is 10.6 Å². The SMILES string of the molecule is O=C(CCCCNC(=O)OCC1c2ccccc2-c2ccccc21)Nc1ccc(C(=O)O)c(F)c1. The first kappa shape index (κ1) is 23.9. The second-order valence-corrected chi connectivity index (χ2v) is 8.26. The number of benzene rings is 3. The van der Waals surface area contributed by atoms with Crippen LogP contribution in [0.4, 0.5) is 14.9 Å². The fraction of sp³-hybridized carbons (Fsp3) is 0.222. The first-order chi connectivity index (χ1) is 16.9. The molecule has 0 spiro atoms. The lowest BCUT2D eigenvalue weighted by molar-refractivity contribution is -0.116. The van der Waals surface area contributed by atoms with Crippen LogP contribution in [0.2, 0.25) is 0 Å². The predicted octanol–water partition coefficient (Wildman–Crippen LogP) is 5.17. The highest BCUT2D eigenvalue weighted by atomic mass is 19.1. The molecule has 35 heavy (non-hydrogen) atoms. The number of amides is 2. The fourth-order valence-electron chi connectivity index (χ4n) is 4.24. The number of hydrogen-bond donors (Lipinski definition) is 3. The van der Waals surface area contributed by atoms with Crippen LogP contribution in [0, 0.1) is 5.82 Å². The van der Waals surface area contributed by atoms with Gasteiger partial charge in [0, 0.05) is 24.6 Å². The normalized spacial score (nSPS) is 11.9. The number of carbonyl (C=O) groups is 3. The Morgan fingerprint density at radius 1 is 0.914 bits per heavy atom. The Hall–Kier alpha value is -4.20. The van der Waals surface area contributed by atoms with Crippen molar-refractivity contribution in [1.82, 2.24) is 5.32 Å². The maximum absolute atomic E-state index is 13.7. The highest BCUT2D eigenvalue weighted by Crippen LogP contribution is 2.44. The van der Waals surface area contributed by atoms with Crippen LogP contribution >= 0.6 is 0 Å². The number of fused-ring (bicyclic) bond motifs is 3. The summed E-state index contributed by atoms with van der Waals surface area (Å²) in [5.41, 5.74) is 4.35. The summed E-state index contributed by atoms with van der Waals surface area (Å²) in [6, 6.07) is 19.6. The number of rotatable bonds is 9. The van der Waals surface area contributed by atoms with Crippen molar-refractivity contribution in [3.63, 3.8) is 0 Å². The van der Waals surface area contributed by atoms with Crippen molar-refractivity contribution < 1.29 is 28.6 Å². The van der Waals surface area contributed by atoms with Gasteiger partial charge in [0.2, 0.25) is 5.91 Å². The van der Waals surface area contributed by atoms with Crippen LogP contribution in [-0.4, -0.2) is 36.2 Å². The van der Waals surface area contributed by atoms with E-state index in [1.807, 2.05) is 24.3 Å². The molecule has 0 unspecified atom stereocenters. The minimum Gasteiger partial charge on any atom is -0.478 e. The lowest BCUT2D eigenvalue weighted by Crippen LogP contribution is -2.27. The van der Waals surface area contributed by atoms with Gasteiger partial charge in [-0.3, -0.25) is 4.79 Å². The summed E-state index contributed by atoms with van der Waals surface area (Å²) in [5, 5.41) is 14.1. The van der Waals surface area contributed by atoms with E-state index in [0.717, 1.165) is 34.4 Å². The molecule has 7 nitrogen and oxygen atoms in total. The van der Waals surface area contributed by atoms with Crippen molar-refractivity contribution >= 4 is 23.7 Å². The molecule has 1 aliphatic carbocycles. The molecule has 4 rings (SSSR count). The summed E-state index contributed by atoms with van der Waals surface area (Å²) in [5.74, 6) is -2.62. The number of unbranched alkanes of at least 4 members (excludes halogenated alkanes) is 1. The second-order valence-electron chi connectivity index (χ2n) is 8.26. The number of halogens is 1. The van der Waals surface area contributed by atoms with Crippen molar-refractivity contribution in [3.05, 3.63) is 89.2 Å². The Balaban J connectivity index is 1.17. The maximum atomic E-state index is 13.7. The molecule has 0 bridgehead atoms. The van der Waals surface area contributed by atoms with Gasteiger partial charge in [-0.2, -0.15) is 0 Å². The van der Waals surface area contributed by atoms with Gasteiger partial charge in [-0.1, -0.05) is 48.5 Å². The average Bonchev–Trinajstić information content (AvgIpc) is 3.16. The van der Waals surface area contributed by atoms with Gasteiger partial charge in [0.15, 0.2) is 0 Å². The zero-order chi connectivity index (χ0) is 24.8. The van der Waals surface area contributed by atoms with Crippen molar-refractivity contribution in [3.8, 4) is 11.1 Å². The highest BCUT2D eigenvalue weighted by molar-refractivity contribution is 5.92. The zero-order valence-corrected chi connectivity index (χ0v) is 18.9. The monoisotopic (exact) mass is 476 g/mol. The van der Waals surface area contributed by atoms with E-state index in [-0.39, 0.29) is 30.5 Å². The molecule has 1 aliphatic rings. The fourth-order valence-corrected chi connectivity index (χ4v) is 4.24. The lowest BCUT2D eigenvalue weighted by atomic mass is 9.98. The van der Waals surface area contributed by atoms with Gasteiger partial charge in [-0.25, -0.2) is 14.0 Å². The van der Waals surface area contributed by atoms with Crippen molar-refractivity contribution in [2.75, 3.05) is 18.5 Å². The summed E-state index contributed by atoms with van der Waals surface area (Å²) in [4.78, 5) is 35.1. The van der Waals surface area contributed by atoms with E-state index < -0.39 is 23.4 Å². The number of ether oxygens (including phenoxy) is 1. The highest BCUT2D eigenvalue weighted by Gasteiger charge is 2.28. The Bertz CT molecular complexity index is 1210. The minimum absolute atomic E-state index is 0.00810. The average molecular weight is 477 g/mol. The first-order valence-corrected chi connectivity index (χ1v) is 11.4. The number of carboxylic acids is 1. The first-order valence-electron chi connectivity index (χ1n) is 11.4. The van der Waals surface area contributed by atoms with E-state index in [2.05, 4.69) is 34.9 Å². The number of alkyl carbamates (subject to hydrolysis) is 1. The molecule has 0 saturated heterocycles. The van der Waals surface area contributed by atoms with Crippen molar-refractivity contribution in [2.45, 2.75) is 25.2 Å². The Labute approximate surface area is 201 Å². The Morgan fingerprint density at radius 2 is 1.57 bits per heavy atom. The molecule has 2 amide bonds. The number of hydrogen-bond acceptors (Lipinski definition) is 4. The third kappa shape index (κ3) is 5.66. The summed E-state index contributed by atoms with van der Waals surface area (Å²) in [6.45, 7) is 0.589. The zero-order valence-electron chi connectivity index (χ0n) is 18.9. The number of carboxylic acid groups (broad SMARTS) is 1. The van der Waals surface area contributed by atoms with Crippen molar-refractivity contribution in [1.29, 1.82) is 0 Å². The summed E-state index contributed by atoms with van der Waals surface area (Å²) in [7, 11) is 0. The lowest BCUT2D eigenvalue weighted by Gasteiger charge is -2.14. The summed E-state index contributed by atoms with van der Waals surface area (Å²) in [6.07, 6.45) is 0.731. The topological polar surface area (TPSA) is 105 Å². The molecule has 0 heterocycles. The van der Waals surface area contributed by atoms with Crippen LogP contribution in [0.5, 0.6) is 0 Å². The Morgan fingerprint density at radius 3 is 2.20 bits per heavy atom. The molecule has 0 aromatic heterocycles. The number of carbonyl (C=O) groups excluding carboxylic acids is 2. The van der Waals surface area contributed by atoms with Gasteiger partial charge in [0.1, 0.15) is 12.4 Å². The molecule has 0 radical (unpaired) electrons. The second kappa shape index (κ2) is 10.8. The molecule has 0 saturated carbocycles. The van der Waals surface area contributed by atoms with Crippen LogP contribution in [0.25, 0.3) is 11.1 Å². The van der Waals surface area contributed by atoms with Crippen LogP contribution in [0.3, 0.4) is 0 Å². The minimum atomic E-state index is -1.37. The molecular weight excluding hydrogens is 451 g/mol. The summed E-state index contributed by atoms with van der Waals surface area (Å²) < 4.78 is 19.2. The molecule has 3 N–H and O–H groups in total. The van der Waals surface area contributed by atoms with Gasteiger partial charge in [-0.05, 0) is 53.3 Å². The van der Waals surface area contributed by atoms with Gasteiger partial charge >= 0.3 is 12.1 Å². The molecule has 0 fully saturated rings. The number of anilines is 1. The molecule has 180 valence electrons. The third-order valence-corrected chi connectivity index (χ3v) is 5.93. The van der Waals surface area contributed by atoms with E-state index >= 15 is 0 Å². The molecule has 3 aromatic carbocycles. The van der Waals surface area contributed by atoms with E-state index in [4.69, 9.17) is 9.84 Å². The third-order valence-electron chi connectivity index (χ3n) is 5.93. The van der Waals surface area contributed by atoms with Crippen LogP contribution in [0.15, 0.2) is 66.7 Å². The molecule has 0 atom stereocenters. The number of aromatic carboxylic acids is 1. The standard InChI is InChI=1S/C27H25FN2O5/c28-24-15-17(12-13-22(24)26(32)33)30-25(31)11-5-6-14-29-27(34)35-16-23-20-9-3-1-7-18(20)19-8-2-4-10-21(19)23/h1-4,7-10,12-13,15,23H,5-6,11,14,16H2,(H,29,34)(H,30,31)(H,32,33). The molecule has 8 heteroatoms. The van der Waals surface area contributed by atoms with E-state index in [9.17, 15) is 18.8 Å². The van der Waals surface area contributed by atoms with Crippen molar-refractivity contribution in [2.24, 2.45) is 0 Å². The van der Waals surface area contributed by atoms with Crippen LogP contribution in [-0.2, 0) is 9.53 Å². The Kier molecular flexibility index (Phi) is 7.40.